The van der Waals surface area contributed by atoms with Gasteiger partial charge in [-0.3, -0.25) is 0 Å². The van der Waals surface area contributed by atoms with Crippen LogP contribution in [0.2, 0.25) is 0 Å². The molecule has 1 aliphatic carbocycles. The largest absolute Gasteiger partial charge is 0.382 e. The number of fused-ring (bicyclic) bond motifs is 2. The molecule has 3 aromatic rings. The third kappa shape index (κ3) is 5.07. The Morgan fingerprint density at radius 1 is 1.22 bits per heavy atom. The molecular weight excluding hydrogens is 444 g/mol. The smallest absolute Gasteiger partial charge is 0.211 e. The van der Waals surface area contributed by atoms with Gasteiger partial charge in [0.1, 0.15) is 6.33 Å². The molecule has 0 saturated carbocycles. The van der Waals surface area contributed by atoms with E-state index in [2.05, 4.69) is 33.7 Å². The number of imidazole rings is 1. The van der Waals surface area contributed by atoms with Gasteiger partial charge in [0.05, 0.1) is 5.75 Å². The van der Waals surface area contributed by atoms with Crippen LogP contribution in [0, 0.1) is 12.8 Å². The maximum Gasteiger partial charge on any atom is 0.211 e. The van der Waals surface area contributed by atoms with Crippen LogP contribution in [0.4, 0.5) is 5.82 Å². The first kappa shape index (κ1) is 23.0. The van der Waals surface area contributed by atoms with Gasteiger partial charge in [-0.05, 0) is 61.3 Å². The summed E-state index contributed by atoms with van der Waals surface area (Å²) in [7, 11) is -3.27. The number of rotatable bonds is 9. The normalized spacial score (nSPS) is 13.9. The first-order chi connectivity index (χ1) is 15.2. The van der Waals surface area contributed by atoms with Crippen molar-refractivity contribution in [3.63, 3.8) is 0 Å². The maximum absolute atomic E-state index is 12.1. The number of anilines is 1. The Balaban J connectivity index is 1.57. The molecule has 0 atom stereocenters. The molecule has 2 aromatic heterocycles. The Morgan fingerprint density at radius 3 is 2.72 bits per heavy atom. The topological polar surface area (TPSA) is 116 Å². The van der Waals surface area contributed by atoms with Crippen LogP contribution in [-0.2, 0) is 29.4 Å². The average Bonchev–Trinajstić information content (AvgIpc) is 3.29. The summed E-state index contributed by atoms with van der Waals surface area (Å²) in [6.45, 7) is 6.85. The molecule has 0 bridgehead atoms. The van der Waals surface area contributed by atoms with Crippen molar-refractivity contribution in [2.75, 3.05) is 18.0 Å². The number of hydrogen-bond acceptors (Lipinski definition) is 7. The fraction of sp³-hybridized carbons (Fsp3) is 0.500. The number of benzene rings is 1. The van der Waals surface area contributed by atoms with Gasteiger partial charge in [-0.25, -0.2) is 28.1 Å². The molecule has 0 spiro atoms. The second kappa shape index (κ2) is 9.36. The van der Waals surface area contributed by atoms with Crippen molar-refractivity contribution < 1.29 is 8.42 Å². The molecule has 3 N–H and O–H groups in total. The predicted molar refractivity (Wildman–Crippen MR) is 128 cm³/mol. The Hall–Kier alpha value is -2.17. The summed E-state index contributed by atoms with van der Waals surface area (Å²) in [4.78, 5) is 14.4. The standard InChI is InChI=1S/C22H30N6O2S2/c1-14(2)12-32(29,30)26-8-5-9-28-21-19(20(23)24-13-25-21)27-22(28)31-18-11-17-7-4-6-16(17)10-15(18)3/h10-11,13-14,26H,4-9,12H2,1-3H3,(H2,23,24,25). The number of nitrogen functional groups attached to an aromatic ring is 1. The van der Waals surface area contributed by atoms with Gasteiger partial charge < -0.3 is 10.3 Å². The first-order valence-electron chi connectivity index (χ1n) is 11.0. The SMILES string of the molecule is Cc1cc2c(cc1Sc1nc3c(N)ncnc3n1CCCNS(=O)(=O)CC(C)C)CCC2. The summed E-state index contributed by atoms with van der Waals surface area (Å²) in [6.07, 6.45) is 5.53. The van der Waals surface area contributed by atoms with Gasteiger partial charge in [-0.1, -0.05) is 31.7 Å². The van der Waals surface area contributed by atoms with E-state index in [1.807, 2.05) is 18.4 Å². The molecule has 2 heterocycles. The number of nitrogens with zero attached hydrogens (tertiary/aromatic N) is 4. The summed E-state index contributed by atoms with van der Waals surface area (Å²) in [6, 6.07) is 4.57. The van der Waals surface area contributed by atoms with E-state index in [1.54, 1.807) is 11.8 Å². The van der Waals surface area contributed by atoms with E-state index in [-0.39, 0.29) is 11.7 Å². The van der Waals surface area contributed by atoms with Crippen LogP contribution in [0.15, 0.2) is 28.5 Å². The van der Waals surface area contributed by atoms with Crippen LogP contribution >= 0.6 is 11.8 Å². The Labute approximate surface area is 193 Å². The van der Waals surface area contributed by atoms with E-state index >= 15 is 0 Å². The van der Waals surface area contributed by atoms with Crippen LogP contribution in [0.1, 0.15) is 43.4 Å². The van der Waals surface area contributed by atoms with Gasteiger partial charge in [0.2, 0.25) is 10.0 Å². The monoisotopic (exact) mass is 474 g/mol. The molecule has 0 fully saturated rings. The molecule has 4 rings (SSSR count). The third-order valence-electron chi connectivity index (χ3n) is 5.55. The first-order valence-corrected chi connectivity index (χ1v) is 13.4. The molecule has 1 aliphatic rings. The van der Waals surface area contributed by atoms with Crippen molar-refractivity contribution in [1.29, 1.82) is 0 Å². The number of hydrogen-bond donors (Lipinski definition) is 2. The van der Waals surface area contributed by atoms with Crippen molar-refractivity contribution >= 4 is 38.8 Å². The molecule has 172 valence electrons. The molecular formula is C22H30N6O2S2. The number of aromatic nitrogens is 4. The van der Waals surface area contributed by atoms with Crippen LogP contribution in [0.5, 0.6) is 0 Å². The third-order valence-corrected chi connectivity index (χ3v) is 8.45. The summed E-state index contributed by atoms with van der Waals surface area (Å²) in [5.74, 6) is 0.561. The molecule has 1 aromatic carbocycles. The molecule has 10 heteroatoms. The zero-order valence-corrected chi connectivity index (χ0v) is 20.4. The minimum absolute atomic E-state index is 0.0864. The van der Waals surface area contributed by atoms with Gasteiger partial charge >= 0.3 is 0 Å². The van der Waals surface area contributed by atoms with Gasteiger partial charge in [0.15, 0.2) is 22.1 Å². The highest BCUT2D eigenvalue weighted by Crippen LogP contribution is 2.36. The summed E-state index contributed by atoms with van der Waals surface area (Å²) >= 11 is 1.60. The summed E-state index contributed by atoms with van der Waals surface area (Å²) in [5, 5.41) is 0.790. The van der Waals surface area contributed by atoms with Crippen molar-refractivity contribution in [1.82, 2.24) is 24.2 Å². The van der Waals surface area contributed by atoms with E-state index < -0.39 is 10.0 Å². The van der Waals surface area contributed by atoms with Crippen LogP contribution < -0.4 is 10.5 Å². The maximum atomic E-state index is 12.1. The molecule has 32 heavy (non-hydrogen) atoms. The van der Waals surface area contributed by atoms with E-state index in [1.165, 1.54) is 34.3 Å². The fourth-order valence-corrected chi connectivity index (χ4v) is 6.60. The van der Waals surface area contributed by atoms with Crippen LogP contribution in [0.3, 0.4) is 0 Å². The van der Waals surface area contributed by atoms with Crippen LogP contribution in [-0.4, -0.2) is 40.2 Å². The zero-order valence-electron chi connectivity index (χ0n) is 18.8. The number of aryl methyl sites for hydroxylation is 4. The van der Waals surface area contributed by atoms with E-state index in [4.69, 9.17) is 10.7 Å². The predicted octanol–water partition coefficient (Wildman–Crippen LogP) is 3.32. The Morgan fingerprint density at radius 2 is 1.97 bits per heavy atom. The van der Waals surface area contributed by atoms with Crippen LogP contribution in [0.25, 0.3) is 11.2 Å². The highest BCUT2D eigenvalue weighted by atomic mass is 32.2. The van der Waals surface area contributed by atoms with E-state index in [0.717, 1.165) is 18.0 Å². The summed E-state index contributed by atoms with van der Waals surface area (Å²) < 4.78 is 29.0. The van der Waals surface area contributed by atoms with E-state index in [9.17, 15) is 8.42 Å². The molecule has 0 saturated heterocycles. The van der Waals surface area contributed by atoms with Crippen molar-refractivity contribution in [2.24, 2.45) is 5.92 Å². The van der Waals surface area contributed by atoms with Crippen molar-refractivity contribution in [3.8, 4) is 0 Å². The molecule has 0 radical (unpaired) electrons. The fourth-order valence-electron chi connectivity index (χ4n) is 4.11. The Kier molecular flexibility index (Phi) is 6.73. The van der Waals surface area contributed by atoms with Crippen molar-refractivity contribution in [3.05, 3.63) is 35.2 Å². The van der Waals surface area contributed by atoms with Gasteiger partial charge in [0, 0.05) is 18.0 Å². The Bertz CT molecular complexity index is 1240. The quantitative estimate of drug-likeness (QED) is 0.457. The molecule has 0 aliphatic heterocycles. The zero-order chi connectivity index (χ0) is 22.9. The highest BCUT2D eigenvalue weighted by Gasteiger charge is 2.19. The second-order valence-electron chi connectivity index (χ2n) is 8.74. The lowest BCUT2D eigenvalue weighted by Gasteiger charge is -2.12. The average molecular weight is 475 g/mol. The summed E-state index contributed by atoms with van der Waals surface area (Å²) in [5.41, 5.74) is 11.4. The number of sulfonamides is 1. The lowest BCUT2D eigenvalue weighted by Crippen LogP contribution is -2.29. The lowest BCUT2D eigenvalue weighted by atomic mass is 10.1. The minimum Gasteiger partial charge on any atom is -0.382 e. The van der Waals surface area contributed by atoms with E-state index in [0.29, 0.717) is 36.5 Å². The molecule has 0 amide bonds. The number of nitrogens with one attached hydrogen (secondary N) is 1. The van der Waals surface area contributed by atoms with Crippen molar-refractivity contribution in [2.45, 2.75) is 63.1 Å². The van der Waals surface area contributed by atoms with Gasteiger partial charge in [-0.15, -0.1) is 0 Å². The lowest BCUT2D eigenvalue weighted by molar-refractivity contribution is 0.554. The number of nitrogens with two attached hydrogens (primary N) is 1. The molecule has 0 unspecified atom stereocenters. The van der Waals surface area contributed by atoms with Gasteiger partial charge in [-0.2, -0.15) is 0 Å². The second-order valence-corrected chi connectivity index (χ2v) is 11.6. The highest BCUT2D eigenvalue weighted by molar-refractivity contribution is 7.99. The molecule has 8 nitrogen and oxygen atoms in total. The minimum atomic E-state index is -3.27. The van der Waals surface area contributed by atoms with Gasteiger partial charge in [0.25, 0.3) is 0 Å².